The van der Waals surface area contributed by atoms with Crippen LogP contribution in [0.15, 0.2) is 10.5 Å². The van der Waals surface area contributed by atoms with Crippen LogP contribution in [0.3, 0.4) is 0 Å². The molecule has 2 bridgehead atoms. The molecular weight excluding hydrogens is 503 g/mol. The van der Waals surface area contributed by atoms with Crippen molar-refractivity contribution in [3.8, 4) is 6.07 Å². The number of hydrogen-bond acceptors (Lipinski definition) is 10. The number of likely N-dealkylation sites (tertiary alicyclic amines) is 1. The van der Waals surface area contributed by atoms with Crippen molar-refractivity contribution in [3.05, 3.63) is 11.1 Å². The standard InChI is InChI=1S/C24H31FN6O5S/c1-3-36-20(33)19(30-35-2)17-14-37-22(28-17)29-21(34)23-4-7-24(8-5-23,9-6-23)27-12-18(32)31-13-15(25)10-16(31)11-26/h14-16,27H,3-10,12-13H2,1-2H3,(H,28,29,34)/b30-19+/t15-,16-,23?,24?/m0/s1. The maximum absolute atomic E-state index is 13.7. The summed E-state index contributed by atoms with van der Waals surface area (Å²) >= 11 is 1.19. The fourth-order valence-electron chi connectivity index (χ4n) is 5.49. The Balaban J connectivity index is 1.33. The number of esters is 1. The van der Waals surface area contributed by atoms with Crippen LogP contribution in [0.4, 0.5) is 9.52 Å². The minimum absolute atomic E-state index is 0.0356. The minimum atomic E-state index is -1.16. The lowest BCUT2D eigenvalue weighted by atomic mass is 9.57. The zero-order valence-electron chi connectivity index (χ0n) is 20.9. The monoisotopic (exact) mass is 534 g/mol. The Hall–Kier alpha value is -3.11. The Labute approximate surface area is 218 Å². The van der Waals surface area contributed by atoms with Gasteiger partial charge in [-0.05, 0) is 45.4 Å². The number of aromatic nitrogens is 1. The molecule has 0 unspecified atom stereocenters. The first-order chi connectivity index (χ1) is 17.7. The second-order valence-corrected chi connectivity index (χ2v) is 10.6. The summed E-state index contributed by atoms with van der Waals surface area (Å²) in [4.78, 5) is 48.5. The molecule has 0 aromatic carbocycles. The molecule has 0 radical (unpaired) electrons. The first kappa shape index (κ1) is 26.9. The fraction of sp³-hybridized carbons (Fsp3) is 0.667. The van der Waals surface area contributed by atoms with E-state index in [2.05, 4.69) is 20.8 Å². The summed E-state index contributed by atoms with van der Waals surface area (Å²) in [5.74, 6) is -1.03. The van der Waals surface area contributed by atoms with Crippen molar-refractivity contribution in [1.82, 2.24) is 15.2 Å². The fourth-order valence-corrected chi connectivity index (χ4v) is 6.18. The normalized spacial score (nSPS) is 29.0. The van der Waals surface area contributed by atoms with Gasteiger partial charge in [-0.15, -0.1) is 11.3 Å². The molecule has 11 nitrogen and oxygen atoms in total. The summed E-state index contributed by atoms with van der Waals surface area (Å²) < 4.78 is 18.7. The highest BCUT2D eigenvalue weighted by Crippen LogP contribution is 2.52. The molecule has 2 amide bonds. The van der Waals surface area contributed by atoms with Gasteiger partial charge in [0, 0.05) is 22.8 Å². The number of amides is 2. The number of oxime groups is 1. The maximum atomic E-state index is 13.7. The number of halogens is 1. The van der Waals surface area contributed by atoms with Crippen molar-refractivity contribution in [1.29, 1.82) is 5.26 Å². The number of rotatable bonds is 9. The molecule has 37 heavy (non-hydrogen) atoms. The predicted octanol–water partition coefficient (Wildman–Crippen LogP) is 2.14. The Bertz CT molecular complexity index is 1090. The topological polar surface area (TPSA) is 146 Å². The zero-order chi connectivity index (χ0) is 26.6. The third kappa shape index (κ3) is 5.60. The van der Waals surface area contributed by atoms with Crippen LogP contribution < -0.4 is 10.6 Å². The number of carbonyl (C=O) groups excluding carboxylic acids is 3. The molecule has 1 aromatic rings. The van der Waals surface area contributed by atoms with Gasteiger partial charge in [-0.1, -0.05) is 5.16 Å². The number of nitriles is 1. The molecule has 2 N–H and O–H groups in total. The van der Waals surface area contributed by atoms with Crippen LogP contribution in [0.1, 0.15) is 57.6 Å². The molecule has 1 aromatic heterocycles. The van der Waals surface area contributed by atoms with Gasteiger partial charge in [0.05, 0.1) is 25.8 Å². The van der Waals surface area contributed by atoms with E-state index in [1.165, 1.54) is 23.3 Å². The number of nitrogens with one attached hydrogen (secondary N) is 2. The summed E-state index contributed by atoms with van der Waals surface area (Å²) in [6.07, 6.45) is 3.09. The minimum Gasteiger partial charge on any atom is -0.461 e. The van der Waals surface area contributed by atoms with Gasteiger partial charge in [-0.2, -0.15) is 5.26 Å². The van der Waals surface area contributed by atoms with Gasteiger partial charge in [0.15, 0.2) is 5.13 Å². The third-order valence-corrected chi connectivity index (χ3v) is 8.44. The van der Waals surface area contributed by atoms with Crippen LogP contribution in [-0.2, 0) is 24.0 Å². The van der Waals surface area contributed by atoms with Gasteiger partial charge in [0.2, 0.25) is 17.5 Å². The van der Waals surface area contributed by atoms with E-state index in [1.54, 1.807) is 12.3 Å². The highest BCUT2D eigenvalue weighted by Gasteiger charge is 2.52. The summed E-state index contributed by atoms with van der Waals surface area (Å²) in [6.45, 7) is 1.88. The van der Waals surface area contributed by atoms with Gasteiger partial charge >= 0.3 is 5.97 Å². The molecular formula is C24H31FN6O5S. The largest absolute Gasteiger partial charge is 0.461 e. The van der Waals surface area contributed by atoms with Crippen molar-refractivity contribution >= 4 is 40.0 Å². The Morgan fingerprint density at radius 3 is 2.62 bits per heavy atom. The number of hydrogen-bond donors (Lipinski definition) is 2. The van der Waals surface area contributed by atoms with E-state index >= 15 is 0 Å². The van der Waals surface area contributed by atoms with E-state index in [-0.39, 0.29) is 54.9 Å². The van der Waals surface area contributed by atoms with E-state index in [0.29, 0.717) is 24.4 Å². The molecule has 3 aliphatic carbocycles. The van der Waals surface area contributed by atoms with E-state index in [4.69, 9.17) is 9.57 Å². The quantitative estimate of drug-likeness (QED) is 0.278. The van der Waals surface area contributed by atoms with Gasteiger partial charge in [-0.3, -0.25) is 9.59 Å². The molecule has 13 heteroatoms. The molecule has 0 spiro atoms. The number of carbonyl (C=O) groups is 3. The third-order valence-electron chi connectivity index (χ3n) is 7.68. The lowest BCUT2D eigenvalue weighted by Gasteiger charge is -2.52. The predicted molar refractivity (Wildman–Crippen MR) is 132 cm³/mol. The lowest BCUT2D eigenvalue weighted by molar-refractivity contribution is -0.135. The van der Waals surface area contributed by atoms with Crippen molar-refractivity contribution in [2.45, 2.75) is 69.6 Å². The highest BCUT2D eigenvalue weighted by atomic mass is 32.1. The lowest BCUT2D eigenvalue weighted by Crippen LogP contribution is -2.59. The summed E-state index contributed by atoms with van der Waals surface area (Å²) in [5, 5.41) is 21.2. The van der Waals surface area contributed by atoms with Crippen molar-refractivity contribution in [2.75, 3.05) is 32.1 Å². The number of nitrogens with zero attached hydrogens (tertiary/aromatic N) is 4. The van der Waals surface area contributed by atoms with Crippen LogP contribution in [0.2, 0.25) is 0 Å². The Morgan fingerprint density at radius 1 is 1.30 bits per heavy atom. The maximum Gasteiger partial charge on any atom is 0.362 e. The van der Waals surface area contributed by atoms with E-state index in [0.717, 1.165) is 19.3 Å². The number of anilines is 1. The van der Waals surface area contributed by atoms with Crippen LogP contribution in [0.25, 0.3) is 0 Å². The number of ether oxygens (including phenoxy) is 1. The highest BCUT2D eigenvalue weighted by molar-refractivity contribution is 7.14. The van der Waals surface area contributed by atoms with Crippen LogP contribution >= 0.6 is 11.3 Å². The van der Waals surface area contributed by atoms with Crippen LogP contribution in [0.5, 0.6) is 0 Å². The van der Waals surface area contributed by atoms with E-state index < -0.39 is 23.6 Å². The van der Waals surface area contributed by atoms with Gasteiger partial charge in [0.1, 0.15) is 25.0 Å². The molecule has 5 rings (SSSR count). The van der Waals surface area contributed by atoms with E-state index in [1.807, 2.05) is 6.07 Å². The number of fused-ring (bicyclic) bond motifs is 3. The number of alkyl halides is 1. The van der Waals surface area contributed by atoms with Crippen molar-refractivity contribution in [3.63, 3.8) is 0 Å². The zero-order valence-corrected chi connectivity index (χ0v) is 21.7. The van der Waals surface area contributed by atoms with Crippen molar-refractivity contribution < 1.29 is 28.3 Å². The number of thiazole rings is 1. The molecule has 2 atom stereocenters. The van der Waals surface area contributed by atoms with Crippen molar-refractivity contribution in [2.24, 2.45) is 10.6 Å². The summed E-state index contributed by atoms with van der Waals surface area (Å²) in [7, 11) is 1.32. The smallest absolute Gasteiger partial charge is 0.362 e. The first-order valence-corrected chi connectivity index (χ1v) is 13.3. The summed E-state index contributed by atoms with van der Waals surface area (Å²) in [5.41, 5.74) is -0.577. The van der Waals surface area contributed by atoms with Gasteiger partial charge < -0.3 is 25.1 Å². The second-order valence-electron chi connectivity index (χ2n) is 9.77. The summed E-state index contributed by atoms with van der Waals surface area (Å²) in [6, 6.07) is 1.30. The molecule has 1 aliphatic heterocycles. The average Bonchev–Trinajstić information content (AvgIpc) is 3.53. The average molecular weight is 535 g/mol. The van der Waals surface area contributed by atoms with Gasteiger partial charge in [-0.25, -0.2) is 14.2 Å². The Morgan fingerprint density at radius 2 is 2.00 bits per heavy atom. The van der Waals surface area contributed by atoms with Gasteiger partial charge in [0.25, 0.3) is 0 Å². The van der Waals surface area contributed by atoms with Crippen LogP contribution in [0, 0.1) is 16.7 Å². The first-order valence-electron chi connectivity index (χ1n) is 12.4. The molecule has 1 saturated heterocycles. The molecule has 3 saturated carbocycles. The second kappa shape index (κ2) is 11.1. The molecule has 4 fully saturated rings. The van der Waals surface area contributed by atoms with Crippen LogP contribution in [-0.4, -0.2) is 77.9 Å². The molecule has 2 heterocycles. The Kier molecular flexibility index (Phi) is 8.08. The van der Waals surface area contributed by atoms with E-state index in [9.17, 15) is 24.0 Å². The SMILES string of the molecule is CCOC(=O)/C(=N/OC)c1csc(NC(=O)C23CCC(NCC(=O)N4C[C@@H](F)C[C@H]4C#N)(CC2)CC3)n1. The molecule has 200 valence electrons. The molecule has 4 aliphatic rings.